The highest BCUT2D eigenvalue weighted by atomic mass is 79.9. The molecule has 0 aliphatic rings. The molecule has 0 heterocycles. The molecule has 0 aliphatic carbocycles. The van der Waals surface area contributed by atoms with Gasteiger partial charge in [-0.05, 0) is 17.7 Å². The van der Waals surface area contributed by atoms with E-state index >= 15 is 0 Å². The van der Waals surface area contributed by atoms with Gasteiger partial charge in [-0.2, -0.15) is 0 Å². The maximum atomic E-state index is 9.99. The number of halogens is 1. The summed E-state index contributed by atoms with van der Waals surface area (Å²) >= 11 is 3.35. The van der Waals surface area contributed by atoms with Crippen molar-refractivity contribution in [3.8, 4) is 0 Å². The van der Waals surface area contributed by atoms with Gasteiger partial charge >= 0.3 is 0 Å². The van der Waals surface area contributed by atoms with Gasteiger partial charge in [-0.1, -0.05) is 41.9 Å². The van der Waals surface area contributed by atoms with Crippen LogP contribution in [0, 0.1) is 5.41 Å². The molecule has 2 N–H and O–H groups in total. The van der Waals surface area contributed by atoms with E-state index in [0.29, 0.717) is 0 Å². The molecule has 3 heteroatoms. The number of hydrogen-bond acceptors (Lipinski definition) is 2. The minimum atomic E-state index is -0.648. The first-order valence-electron chi connectivity index (χ1n) is 4.52. The minimum Gasteiger partial charge on any atom is -0.396 e. The second kappa shape index (κ2) is 4.43. The van der Waals surface area contributed by atoms with E-state index in [1.165, 1.54) is 0 Å². The average Bonchev–Trinajstić information content (AvgIpc) is 2.16. The molecular weight excluding hydrogens is 244 g/mol. The van der Waals surface area contributed by atoms with Crippen LogP contribution in [-0.2, 0) is 0 Å². The summed E-state index contributed by atoms with van der Waals surface area (Å²) in [6.07, 6.45) is -0.648. The van der Waals surface area contributed by atoms with E-state index in [1.54, 1.807) is 0 Å². The highest BCUT2D eigenvalue weighted by Gasteiger charge is 2.28. The third kappa shape index (κ3) is 2.56. The lowest BCUT2D eigenvalue weighted by molar-refractivity contribution is 0.00635. The Morgan fingerprint density at radius 3 is 2.57 bits per heavy atom. The van der Waals surface area contributed by atoms with Crippen molar-refractivity contribution >= 4 is 15.9 Å². The Kier molecular flexibility index (Phi) is 3.70. The summed E-state index contributed by atoms with van der Waals surface area (Å²) in [6, 6.07) is 7.49. The van der Waals surface area contributed by atoms with Crippen LogP contribution in [0.3, 0.4) is 0 Å². The fraction of sp³-hybridized carbons (Fsp3) is 0.455. The number of benzene rings is 1. The van der Waals surface area contributed by atoms with Crippen LogP contribution in [0.15, 0.2) is 28.7 Å². The van der Waals surface area contributed by atoms with Crippen molar-refractivity contribution in [1.29, 1.82) is 0 Å². The normalized spacial score (nSPS) is 14.1. The maximum absolute atomic E-state index is 9.99. The van der Waals surface area contributed by atoms with E-state index in [1.807, 2.05) is 38.1 Å². The summed E-state index contributed by atoms with van der Waals surface area (Å²) in [4.78, 5) is 0. The van der Waals surface area contributed by atoms with Gasteiger partial charge in [0.1, 0.15) is 0 Å². The van der Waals surface area contributed by atoms with Gasteiger partial charge in [0.2, 0.25) is 0 Å². The molecule has 0 fully saturated rings. The van der Waals surface area contributed by atoms with Crippen molar-refractivity contribution in [2.24, 2.45) is 5.41 Å². The topological polar surface area (TPSA) is 40.5 Å². The molecule has 78 valence electrons. The van der Waals surface area contributed by atoms with Gasteiger partial charge in [0.05, 0.1) is 12.7 Å². The average molecular weight is 259 g/mol. The molecule has 0 saturated carbocycles. The first-order valence-corrected chi connectivity index (χ1v) is 5.31. The zero-order chi connectivity index (χ0) is 10.8. The molecule has 1 unspecified atom stereocenters. The summed E-state index contributed by atoms with van der Waals surface area (Å²) < 4.78 is 0.933. The molecule has 0 aliphatic heterocycles. The van der Waals surface area contributed by atoms with Crippen LogP contribution in [0.25, 0.3) is 0 Å². The van der Waals surface area contributed by atoms with E-state index < -0.39 is 11.5 Å². The summed E-state index contributed by atoms with van der Waals surface area (Å²) in [7, 11) is 0. The van der Waals surface area contributed by atoms with Gasteiger partial charge in [0.15, 0.2) is 0 Å². The van der Waals surface area contributed by atoms with Crippen LogP contribution in [0.1, 0.15) is 25.5 Å². The lowest BCUT2D eigenvalue weighted by Gasteiger charge is -2.28. The van der Waals surface area contributed by atoms with Crippen LogP contribution in [0.5, 0.6) is 0 Å². The van der Waals surface area contributed by atoms with Gasteiger partial charge in [-0.25, -0.2) is 0 Å². The van der Waals surface area contributed by atoms with Crippen molar-refractivity contribution in [3.63, 3.8) is 0 Å². The first-order chi connectivity index (χ1) is 6.47. The summed E-state index contributed by atoms with van der Waals surface area (Å²) in [5.74, 6) is 0. The van der Waals surface area contributed by atoms with Crippen LogP contribution in [-0.4, -0.2) is 16.8 Å². The highest BCUT2D eigenvalue weighted by Crippen LogP contribution is 2.33. The zero-order valence-corrected chi connectivity index (χ0v) is 9.95. The van der Waals surface area contributed by atoms with E-state index in [2.05, 4.69) is 15.9 Å². The van der Waals surface area contributed by atoms with Crippen LogP contribution >= 0.6 is 15.9 Å². The monoisotopic (exact) mass is 258 g/mol. The number of aliphatic hydroxyl groups is 2. The second-order valence-corrected chi connectivity index (χ2v) is 5.02. The van der Waals surface area contributed by atoms with E-state index in [4.69, 9.17) is 5.11 Å². The summed E-state index contributed by atoms with van der Waals surface area (Å²) in [6.45, 7) is 3.62. The molecule has 1 atom stereocenters. The molecule has 0 aromatic heterocycles. The van der Waals surface area contributed by atoms with Crippen molar-refractivity contribution in [1.82, 2.24) is 0 Å². The molecule has 0 amide bonds. The number of hydrogen-bond donors (Lipinski definition) is 2. The fourth-order valence-corrected chi connectivity index (χ4v) is 1.63. The highest BCUT2D eigenvalue weighted by molar-refractivity contribution is 9.10. The van der Waals surface area contributed by atoms with Crippen LogP contribution in [0.2, 0.25) is 0 Å². The number of aliphatic hydroxyl groups excluding tert-OH is 2. The molecule has 1 rings (SSSR count). The maximum Gasteiger partial charge on any atom is 0.0863 e. The van der Waals surface area contributed by atoms with Crippen LogP contribution < -0.4 is 0 Å². The van der Waals surface area contributed by atoms with E-state index in [-0.39, 0.29) is 6.61 Å². The van der Waals surface area contributed by atoms with Gasteiger partial charge in [-0.15, -0.1) is 0 Å². The molecule has 2 nitrogen and oxygen atoms in total. The van der Waals surface area contributed by atoms with Crippen LogP contribution in [0.4, 0.5) is 0 Å². The van der Waals surface area contributed by atoms with Crippen molar-refractivity contribution < 1.29 is 10.2 Å². The Bertz CT molecular complexity index is 310. The Morgan fingerprint density at radius 2 is 2.07 bits per heavy atom. The molecule has 0 saturated heterocycles. The Balaban J connectivity index is 2.94. The van der Waals surface area contributed by atoms with Gasteiger partial charge in [0, 0.05) is 9.89 Å². The van der Waals surface area contributed by atoms with Gasteiger partial charge in [-0.3, -0.25) is 0 Å². The third-order valence-corrected chi connectivity index (χ3v) is 2.81. The molecule has 1 aromatic rings. The Morgan fingerprint density at radius 1 is 1.43 bits per heavy atom. The lowest BCUT2D eigenvalue weighted by atomic mass is 9.83. The predicted octanol–water partition coefficient (Wildman–Crippen LogP) is 2.50. The smallest absolute Gasteiger partial charge is 0.0863 e. The quantitative estimate of drug-likeness (QED) is 0.875. The van der Waals surface area contributed by atoms with Crippen molar-refractivity contribution in [2.75, 3.05) is 6.61 Å². The predicted molar refractivity (Wildman–Crippen MR) is 60.0 cm³/mol. The SMILES string of the molecule is CC(C)(CO)C(O)c1cccc(Br)c1. The fourth-order valence-electron chi connectivity index (χ4n) is 1.21. The lowest BCUT2D eigenvalue weighted by Crippen LogP contribution is -2.25. The van der Waals surface area contributed by atoms with E-state index in [9.17, 15) is 5.11 Å². The molecule has 0 radical (unpaired) electrons. The zero-order valence-electron chi connectivity index (χ0n) is 8.37. The molecular formula is C11H15BrO2. The third-order valence-electron chi connectivity index (χ3n) is 2.31. The van der Waals surface area contributed by atoms with Crippen molar-refractivity contribution in [3.05, 3.63) is 34.3 Å². The second-order valence-electron chi connectivity index (χ2n) is 4.10. The molecule has 14 heavy (non-hydrogen) atoms. The summed E-state index contributed by atoms with van der Waals surface area (Å²) in [5.41, 5.74) is 0.305. The molecule has 0 bridgehead atoms. The summed E-state index contributed by atoms with van der Waals surface area (Å²) in [5, 5.41) is 19.1. The van der Waals surface area contributed by atoms with Crippen molar-refractivity contribution in [2.45, 2.75) is 20.0 Å². The Hall–Kier alpha value is -0.380. The van der Waals surface area contributed by atoms with Gasteiger partial charge in [0.25, 0.3) is 0 Å². The minimum absolute atomic E-state index is 0.0410. The molecule has 0 spiro atoms. The van der Waals surface area contributed by atoms with E-state index in [0.717, 1.165) is 10.0 Å². The molecule has 1 aromatic carbocycles. The number of rotatable bonds is 3. The Labute approximate surface area is 92.7 Å². The standard InChI is InChI=1S/C11H15BrO2/c1-11(2,7-13)10(14)8-4-3-5-9(12)6-8/h3-6,10,13-14H,7H2,1-2H3. The largest absolute Gasteiger partial charge is 0.396 e. The van der Waals surface area contributed by atoms with Gasteiger partial charge < -0.3 is 10.2 Å². The first kappa shape index (κ1) is 11.7.